The molecule has 1 aliphatic heterocycles. The van der Waals surface area contributed by atoms with Crippen LogP contribution in [0.3, 0.4) is 0 Å². The highest BCUT2D eigenvalue weighted by molar-refractivity contribution is 6.46. The third-order valence-corrected chi connectivity index (χ3v) is 6.00. The number of imidazole rings is 1. The van der Waals surface area contributed by atoms with Crippen LogP contribution in [0, 0.1) is 0 Å². The first-order valence-electron chi connectivity index (χ1n) is 12.3. The molecule has 192 valence electrons. The molecule has 0 bridgehead atoms. The Hall–Kier alpha value is -4.33. The normalized spacial score (nSPS) is 16.8. The quantitative estimate of drug-likeness (QED) is 0.143. The number of carbonyl (C=O) groups excluding carboxylic acids is 2. The summed E-state index contributed by atoms with van der Waals surface area (Å²) < 4.78 is 13.2. The number of nitrogens with zero attached hydrogens (tertiary/aromatic N) is 2. The van der Waals surface area contributed by atoms with Crippen molar-refractivity contribution in [2.75, 3.05) is 13.2 Å². The van der Waals surface area contributed by atoms with E-state index < -0.39 is 23.5 Å². The number of aryl methyl sites for hydroxylation is 1. The molecule has 0 aliphatic carbocycles. The molecule has 1 atom stereocenters. The Labute approximate surface area is 216 Å². The minimum Gasteiger partial charge on any atom is -0.872 e. The lowest BCUT2D eigenvalue weighted by atomic mass is 9.95. The summed E-state index contributed by atoms with van der Waals surface area (Å²) in [5.41, 5.74) is 0.951. The number of benzene rings is 2. The van der Waals surface area contributed by atoms with Gasteiger partial charge in [-0.2, -0.15) is 0 Å². The van der Waals surface area contributed by atoms with Gasteiger partial charge >= 0.3 is 0 Å². The molecule has 0 radical (unpaired) electrons. The summed E-state index contributed by atoms with van der Waals surface area (Å²) in [6.45, 7) is 8.81. The Morgan fingerprint density at radius 2 is 1.84 bits per heavy atom. The molecule has 2 aromatic carbocycles. The molecule has 1 saturated heterocycles. The maximum absolute atomic E-state index is 13.6. The summed E-state index contributed by atoms with van der Waals surface area (Å²) in [7, 11) is 0. The zero-order valence-corrected chi connectivity index (χ0v) is 21.1. The first kappa shape index (κ1) is 25.8. The Morgan fingerprint density at radius 1 is 1.14 bits per heavy atom. The molecule has 1 unspecified atom stereocenters. The number of ether oxygens (including phenoxy) is 2. The number of Topliss-reactive ketones (excluding diaryl/α,β-unsaturated/α-hetero) is 1. The number of likely N-dealkylation sites (tertiary alicyclic amines) is 1. The van der Waals surface area contributed by atoms with Crippen LogP contribution >= 0.6 is 0 Å². The number of hydrogen-bond donors (Lipinski definition) is 1. The molecule has 0 spiro atoms. The standard InChI is InChI=1S/C29H31N3O5/c1-4-18-36-23-10-6-21(7-11-23)26-25(27(33)22-8-12-24(13-9-22)37-20(2)3)28(34)29(35)32(26)16-5-15-31-17-14-30-19-31/h4,6-14,17,19-20,26H,1,5,15-16,18H2,2-3H3,(H,33,34). The number of aromatic nitrogens is 2. The lowest BCUT2D eigenvalue weighted by Crippen LogP contribution is -2.36. The highest BCUT2D eigenvalue weighted by Gasteiger charge is 2.43. The summed E-state index contributed by atoms with van der Waals surface area (Å²) in [6.07, 6.45) is 7.78. The summed E-state index contributed by atoms with van der Waals surface area (Å²) in [5, 5.41) is 13.6. The second kappa shape index (κ2) is 11.6. The van der Waals surface area contributed by atoms with Gasteiger partial charge in [0.15, 0.2) is 0 Å². The van der Waals surface area contributed by atoms with Crippen LogP contribution < -0.4 is 19.1 Å². The van der Waals surface area contributed by atoms with Gasteiger partial charge < -0.3 is 19.5 Å². The molecule has 37 heavy (non-hydrogen) atoms. The monoisotopic (exact) mass is 501 g/mol. The average molecular weight is 502 g/mol. The SMILES string of the molecule is C=CCOc1ccc(C2/C(=C(\[O-])c3ccc(OC(C)C)cc3)C(=O)C(=O)N2CCC[n+]2cc[nH]c2)cc1. The third-order valence-electron chi connectivity index (χ3n) is 6.00. The lowest BCUT2D eigenvalue weighted by Gasteiger charge is -2.27. The van der Waals surface area contributed by atoms with Gasteiger partial charge in [0.2, 0.25) is 12.1 Å². The van der Waals surface area contributed by atoms with E-state index in [0.717, 1.165) is 0 Å². The molecule has 0 saturated carbocycles. The van der Waals surface area contributed by atoms with Crippen LogP contribution in [0.2, 0.25) is 0 Å². The zero-order chi connectivity index (χ0) is 26.4. The van der Waals surface area contributed by atoms with Crippen LogP contribution in [0.15, 0.2) is 85.5 Å². The van der Waals surface area contributed by atoms with Gasteiger partial charge in [0.25, 0.3) is 5.91 Å². The molecule has 1 fully saturated rings. The molecule has 1 aliphatic rings. The maximum atomic E-state index is 13.6. The van der Waals surface area contributed by atoms with Gasteiger partial charge in [0.05, 0.1) is 18.7 Å². The van der Waals surface area contributed by atoms with Crippen molar-refractivity contribution < 1.29 is 28.7 Å². The first-order valence-corrected chi connectivity index (χ1v) is 12.3. The van der Waals surface area contributed by atoms with Crippen molar-refractivity contribution in [1.29, 1.82) is 0 Å². The Bertz CT molecular complexity index is 1260. The second-order valence-corrected chi connectivity index (χ2v) is 9.04. The van der Waals surface area contributed by atoms with Crippen LogP contribution in [-0.4, -0.2) is 40.8 Å². The van der Waals surface area contributed by atoms with Crippen molar-refractivity contribution >= 4 is 17.4 Å². The van der Waals surface area contributed by atoms with Gasteiger partial charge in [0.1, 0.15) is 30.5 Å². The molecular formula is C29H31N3O5. The number of H-pyrrole nitrogens is 1. The molecule has 4 rings (SSSR count). The van der Waals surface area contributed by atoms with Crippen LogP contribution in [0.4, 0.5) is 0 Å². The van der Waals surface area contributed by atoms with Crippen LogP contribution in [-0.2, 0) is 16.1 Å². The van der Waals surface area contributed by atoms with Crippen molar-refractivity contribution in [2.24, 2.45) is 0 Å². The van der Waals surface area contributed by atoms with Crippen LogP contribution in [0.25, 0.3) is 5.76 Å². The van der Waals surface area contributed by atoms with E-state index in [0.29, 0.717) is 48.7 Å². The average Bonchev–Trinajstić information content (AvgIpc) is 3.50. The van der Waals surface area contributed by atoms with E-state index in [1.165, 1.54) is 4.90 Å². The van der Waals surface area contributed by atoms with Gasteiger partial charge in [-0.1, -0.05) is 42.7 Å². The predicted octanol–water partition coefficient (Wildman–Crippen LogP) is 2.97. The minimum absolute atomic E-state index is 0.00856. The van der Waals surface area contributed by atoms with Gasteiger partial charge in [0, 0.05) is 18.5 Å². The van der Waals surface area contributed by atoms with Gasteiger partial charge in [-0.15, -0.1) is 0 Å². The number of amides is 1. The van der Waals surface area contributed by atoms with Crippen LogP contribution in [0.5, 0.6) is 11.5 Å². The van der Waals surface area contributed by atoms with E-state index in [2.05, 4.69) is 11.6 Å². The van der Waals surface area contributed by atoms with Crippen LogP contribution in [0.1, 0.15) is 37.4 Å². The molecule has 1 aromatic heterocycles. The molecule has 3 aromatic rings. The van der Waals surface area contributed by atoms with E-state index in [9.17, 15) is 14.7 Å². The van der Waals surface area contributed by atoms with Gasteiger partial charge in [-0.05, 0) is 49.2 Å². The van der Waals surface area contributed by atoms with E-state index in [-0.39, 0.29) is 11.7 Å². The van der Waals surface area contributed by atoms with Crippen molar-refractivity contribution in [1.82, 2.24) is 9.88 Å². The summed E-state index contributed by atoms with van der Waals surface area (Å²) >= 11 is 0. The number of hydrogen-bond acceptors (Lipinski definition) is 5. The Kier molecular flexibility index (Phi) is 8.08. The first-order chi connectivity index (χ1) is 17.9. The predicted molar refractivity (Wildman–Crippen MR) is 136 cm³/mol. The summed E-state index contributed by atoms with van der Waals surface area (Å²) in [6, 6.07) is 13.0. The van der Waals surface area contributed by atoms with E-state index in [4.69, 9.17) is 9.47 Å². The number of ketones is 1. The number of nitrogens with one attached hydrogen (secondary N) is 1. The largest absolute Gasteiger partial charge is 0.872 e. The molecule has 8 heteroatoms. The summed E-state index contributed by atoms with van der Waals surface area (Å²) in [5.74, 6) is -0.642. The van der Waals surface area contributed by atoms with E-state index in [1.54, 1.807) is 54.6 Å². The van der Waals surface area contributed by atoms with Gasteiger partial charge in [-0.25, -0.2) is 4.57 Å². The molecule has 1 N–H and O–H groups in total. The topological polar surface area (TPSA) is 98.6 Å². The lowest BCUT2D eigenvalue weighted by molar-refractivity contribution is -0.695. The van der Waals surface area contributed by atoms with Crippen molar-refractivity contribution in [3.8, 4) is 11.5 Å². The highest BCUT2D eigenvalue weighted by atomic mass is 16.5. The van der Waals surface area contributed by atoms with E-state index >= 15 is 0 Å². The smallest absolute Gasteiger partial charge is 0.295 e. The van der Waals surface area contributed by atoms with Gasteiger partial charge in [-0.3, -0.25) is 14.6 Å². The Balaban J connectivity index is 1.68. The third kappa shape index (κ3) is 5.91. The fourth-order valence-electron chi connectivity index (χ4n) is 4.34. The molecule has 8 nitrogen and oxygen atoms in total. The summed E-state index contributed by atoms with van der Waals surface area (Å²) in [4.78, 5) is 30.8. The molecule has 1 amide bonds. The minimum atomic E-state index is -0.788. The van der Waals surface area contributed by atoms with Crippen molar-refractivity contribution in [2.45, 2.75) is 39.0 Å². The number of rotatable bonds is 11. The van der Waals surface area contributed by atoms with Crippen molar-refractivity contribution in [3.63, 3.8) is 0 Å². The van der Waals surface area contributed by atoms with E-state index in [1.807, 2.05) is 37.1 Å². The number of aromatic amines is 1. The number of carbonyl (C=O) groups is 2. The Morgan fingerprint density at radius 3 is 2.46 bits per heavy atom. The fraction of sp³-hybridized carbons (Fsp3) is 0.276. The zero-order valence-electron chi connectivity index (χ0n) is 21.1. The molecular weight excluding hydrogens is 470 g/mol. The molecule has 2 heterocycles. The maximum Gasteiger partial charge on any atom is 0.295 e. The second-order valence-electron chi connectivity index (χ2n) is 9.04. The highest BCUT2D eigenvalue weighted by Crippen LogP contribution is 2.39. The fourth-order valence-corrected chi connectivity index (χ4v) is 4.34. The van der Waals surface area contributed by atoms with Crippen molar-refractivity contribution in [3.05, 3.63) is 96.6 Å².